The van der Waals surface area contributed by atoms with E-state index < -0.39 is 10.0 Å². The summed E-state index contributed by atoms with van der Waals surface area (Å²) in [7, 11) is -1.85. The quantitative estimate of drug-likeness (QED) is 0.769. The first-order chi connectivity index (χ1) is 13.1. The molecule has 5 nitrogen and oxygen atoms in total. The van der Waals surface area contributed by atoms with Gasteiger partial charge in [-0.2, -0.15) is 0 Å². The van der Waals surface area contributed by atoms with Gasteiger partial charge in [0.1, 0.15) is 5.82 Å². The lowest BCUT2D eigenvalue weighted by atomic mass is 9.97. The van der Waals surface area contributed by atoms with Crippen molar-refractivity contribution < 1.29 is 17.6 Å². The van der Waals surface area contributed by atoms with Gasteiger partial charge in [0, 0.05) is 25.7 Å². The van der Waals surface area contributed by atoms with E-state index in [2.05, 4.69) is 0 Å². The fourth-order valence-corrected chi connectivity index (χ4v) is 4.04. The van der Waals surface area contributed by atoms with Gasteiger partial charge < -0.3 is 4.90 Å². The molecule has 7 heteroatoms. The highest BCUT2D eigenvalue weighted by molar-refractivity contribution is 7.92. The number of anilines is 1. The number of hydrogen-bond donors (Lipinski definition) is 0. The Labute approximate surface area is 165 Å². The highest BCUT2D eigenvalue weighted by Crippen LogP contribution is 2.24. The van der Waals surface area contributed by atoms with Gasteiger partial charge >= 0.3 is 0 Å². The Morgan fingerprint density at radius 1 is 1.21 bits per heavy atom. The SMILES string of the molecule is Cc1cc(CC2CCN(C(=O)c3ccc(N(C)S(C)(=O)=O)cc3)C2)ccc1F. The van der Waals surface area contributed by atoms with Gasteiger partial charge in [-0.05, 0) is 67.1 Å². The van der Waals surface area contributed by atoms with E-state index in [0.717, 1.165) is 24.7 Å². The van der Waals surface area contributed by atoms with E-state index in [1.807, 2.05) is 17.0 Å². The highest BCUT2D eigenvalue weighted by atomic mass is 32.2. The predicted molar refractivity (Wildman–Crippen MR) is 109 cm³/mol. The topological polar surface area (TPSA) is 57.7 Å². The van der Waals surface area contributed by atoms with Gasteiger partial charge in [0.15, 0.2) is 0 Å². The normalized spacial score (nSPS) is 17.0. The monoisotopic (exact) mass is 404 g/mol. The third kappa shape index (κ3) is 4.52. The fraction of sp³-hybridized carbons (Fsp3) is 0.381. The summed E-state index contributed by atoms with van der Waals surface area (Å²) in [4.78, 5) is 14.6. The van der Waals surface area contributed by atoms with Crippen molar-refractivity contribution in [3.63, 3.8) is 0 Å². The number of carbonyl (C=O) groups is 1. The Hall–Kier alpha value is -2.41. The summed E-state index contributed by atoms with van der Waals surface area (Å²) in [5.74, 6) is 0.104. The number of rotatable bonds is 5. The van der Waals surface area contributed by atoms with Crippen molar-refractivity contribution in [2.75, 3.05) is 30.7 Å². The zero-order valence-electron chi connectivity index (χ0n) is 16.4. The second-order valence-corrected chi connectivity index (χ2v) is 9.48. The molecular formula is C21H25FN2O3S. The van der Waals surface area contributed by atoms with Crippen LogP contribution in [0.25, 0.3) is 0 Å². The van der Waals surface area contributed by atoms with Gasteiger partial charge in [-0.25, -0.2) is 12.8 Å². The Kier molecular flexibility index (Phi) is 5.74. The molecule has 0 bridgehead atoms. The maximum atomic E-state index is 13.4. The average molecular weight is 405 g/mol. The molecule has 1 unspecified atom stereocenters. The van der Waals surface area contributed by atoms with Gasteiger partial charge in [0.2, 0.25) is 10.0 Å². The van der Waals surface area contributed by atoms with E-state index >= 15 is 0 Å². The molecule has 1 fully saturated rings. The summed E-state index contributed by atoms with van der Waals surface area (Å²) in [6, 6.07) is 11.8. The Balaban J connectivity index is 1.63. The zero-order chi connectivity index (χ0) is 20.5. The summed E-state index contributed by atoms with van der Waals surface area (Å²) in [5, 5.41) is 0. The third-order valence-electron chi connectivity index (χ3n) is 5.30. The second kappa shape index (κ2) is 7.91. The van der Waals surface area contributed by atoms with Crippen LogP contribution in [0.15, 0.2) is 42.5 Å². The molecule has 1 atom stereocenters. The first-order valence-corrected chi connectivity index (χ1v) is 11.1. The molecule has 0 aromatic heterocycles. The summed E-state index contributed by atoms with van der Waals surface area (Å²) < 4.78 is 37.8. The molecule has 3 rings (SSSR count). The molecule has 0 radical (unpaired) electrons. The lowest BCUT2D eigenvalue weighted by Gasteiger charge is -2.19. The van der Waals surface area contributed by atoms with Crippen LogP contribution in [0.5, 0.6) is 0 Å². The molecule has 150 valence electrons. The van der Waals surface area contributed by atoms with Crippen molar-refractivity contribution in [1.82, 2.24) is 4.90 Å². The maximum Gasteiger partial charge on any atom is 0.253 e. The van der Waals surface area contributed by atoms with E-state index in [-0.39, 0.29) is 11.7 Å². The molecule has 1 heterocycles. The van der Waals surface area contributed by atoms with Crippen LogP contribution in [-0.2, 0) is 16.4 Å². The van der Waals surface area contributed by atoms with Crippen molar-refractivity contribution in [1.29, 1.82) is 0 Å². The second-order valence-electron chi connectivity index (χ2n) is 7.47. The summed E-state index contributed by atoms with van der Waals surface area (Å²) in [5.41, 5.74) is 2.79. The fourth-order valence-electron chi connectivity index (χ4n) is 3.54. The van der Waals surface area contributed by atoms with Crippen LogP contribution in [0, 0.1) is 18.7 Å². The van der Waals surface area contributed by atoms with E-state index in [4.69, 9.17) is 0 Å². The molecule has 1 aliphatic heterocycles. The van der Waals surface area contributed by atoms with Crippen LogP contribution in [0.2, 0.25) is 0 Å². The Morgan fingerprint density at radius 3 is 2.50 bits per heavy atom. The van der Waals surface area contributed by atoms with Crippen molar-refractivity contribution in [3.05, 3.63) is 65.0 Å². The highest BCUT2D eigenvalue weighted by Gasteiger charge is 2.27. The minimum absolute atomic E-state index is 0.0497. The van der Waals surface area contributed by atoms with Crippen molar-refractivity contribution in [3.8, 4) is 0 Å². The first kappa shape index (κ1) is 20.3. The molecule has 0 N–H and O–H groups in total. The zero-order valence-corrected chi connectivity index (χ0v) is 17.2. The average Bonchev–Trinajstić information content (AvgIpc) is 3.11. The van der Waals surface area contributed by atoms with Crippen LogP contribution >= 0.6 is 0 Å². The maximum absolute atomic E-state index is 13.4. The van der Waals surface area contributed by atoms with Gasteiger partial charge in [0.25, 0.3) is 5.91 Å². The van der Waals surface area contributed by atoms with Crippen molar-refractivity contribution >= 4 is 21.6 Å². The molecule has 0 spiro atoms. The summed E-state index contributed by atoms with van der Waals surface area (Å²) >= 11 is 0. The van der Waals surface area contributed by atoms with Crippen LogP contribution in [0.3, 0.4) is 0 Å². The Bertz CT molecular complexity index is 974. The van der Waals surface area contributed by atoms with Gasteiger partial charge in [-0.1, -0.05) is 12.1 Å². The first-order valence-electron chi connectivity index (χ1n) is 9.23. The number of aryl methyl sites for hydroxylation is 1. The number of likely N-dealkylation sites (tertiary alicyclic amines) is 1. The smallest absolute Gasteiger partial charge is 0.253 e. The number of sulfonamides is 1. The molecule has 1 amide bonds. The molecule has 0 saturated carbocycles. The number of hydrogen-bond acceptors (Lipinski definition) is 3. The van der Waals surface area contributed by atoms with Gasteiger partial charge in [-0.15, -0.1) is 0 Å². The number of nitrogens with zero attached hydrogens (tertiary/aromatic N) is 2. The van der Waals surface area contributed by atoms with Gasteiger partial charge in [0.05, 0.1) is 11.9 Å². The number of halogens is 1. The van der Waals surface area contributed by atoms with Crippen LogP contribution in [0.1, 0.15) is 27.9 Å². The van der Waals surface area contributed by atoms with Crippen molar-refractivity contribution in [2.45, 2.75) is 19.8 Å². The van der Waals surface area contributed by atoms with E-state index in [9.17, 15) is 17.6 Å². The van der Waals surface area contributed by atoms with E-state index in [0.29, 0.717) is 35.8 Å². The molecule has 1 aliphatic rings. The number of amides is 1. The lowest BCUT2D eigenvalue weighted by Crippen LogP contribution is -2.29. The molecule has 1 saturated heterocycles. The molecule has 28 heavy (non-hydrogen) atoms. The third-order valence-corrected chi connectivity index (χ3v) is 6.50. The molecule has 0 aliphatic carbocycles. The molecular weight excluding hydrogens is 379 g/mol. The number of benzene rings is 2. The largest absolute Gasteiger partial charge is 0.338 e. The van der Waals surface area contributed by atoms with Crippen LogP contribution < -0.4 is 4.31 Å². The van der Waals surface area contributed by atoms with E-state index in [1.165, 1.54) is 17.4 Å². The lowest BCUT2D eigenvalue weighted by molar-refractivity contribution is 0.0787. The predicted octanol–water partition coefficient (Wildman–Crippen LogP) is 3.23. The minimum atomic E-state index is -3.33. The molecule has 2 aromatic carbocycles. The van der Waals surface area contributed by atoms with Crippen molar-refractivity contribution in [2.24, 2.45) is 5.92 Å². The molecule has 2 aromatic rings. The summed E-state index contributed by atoms with van der Waals surface area (Å²) in [6.07, 6.45) is 2.87. The van der Waals surface area contributed by atoms with E-state index in [1.54, 1.807) is 31.2 Å². The van der Waals surface area contributed by atoms with Crippen LogP contribution in [-0.4, -0.2) is 45.6 Å². The van der Waals surface area contributed by atoms with Gasteiger partial charge in [-0.3, -0.25) is 9.10 Å². The summed E-state index contributed by atoms with van der Waals surface area (Å²) in [6.45, 7) is 3.11. The minimum Gasteiger partial charge on any atom is -0.338 e. The Morgan fingerprint density at radius 2 is 1.89 bits per heavy atom. The van der Waals surface area contributed by atoms with Crippen LogP contribution in [0.4, 0.5) is 10.1 Å². The standard InChI is InChI=1S/C21H25FN2O3S/c1-15-12-16(4-9-20(15)22)13-17-10-11-24(14-17)21(25)18-5-7-19(8-6-18)23(2)28(3,26)27/h4-9,12,17H,10-11,13-14H2,1-3H3. The number of carbonyl (C=O) groups excluding carboxylic acids is 1.